The fourth-order valence-electron chi connectivity index (χ4n) is 1.18. The molecule has 0 amide bonds. The monoisotopic (exact) mass is 220 g/mol. The second kappa shape index (κ2) is 7.24. The van der Waals surface area contributed by atoms with Crippen molar-refractivity contribution in [3.63, 3.8) is 0 Å². The van der Waals surface area contributed by atoms with Crippen LogP contribution in [0.15, 0.2) is 48.6 Å². The highest BCUT2D eigenvalue weighted by Gasteiger charge is 2.11. The Hall–Kier alpha value is -1.08. The molecular weight excluding hydrogens is 196 g/mol. The topological polar surface area (TPSA) is 20.2 Å². The number of hydrogen-bond donors (Lipinski definition) is 1. The lowest BCUT2D eigenvalue weighted by molar-refractivity contribution is 0.115. The lowest BCUT2D eigenvalue weighted by atomic mass is 10.0. The molecule has 0 saturated heterocycles. The molecule has 0 aliphatic heterocycles. The van der Waals surface area contributed by atoms with Gasteiger partial charge < -0.3 is 5.11 Å². The summed E-state index contributed by atoms with van der Waals surface area (Å²) in [7, 11) is 0. The van der Waals surface area contributed by atoms with Gasteiger partial charge in [0.05, 0.1) is 5.60 Å². The first kappa shape index (κ1) is 14.9. The normalized spacial score (nSPS) is 16.1. The molecule has 0 saturated carbocycles. The molecule has 16 heavy (non-hydrogen) atoms. The van der Waals surface area contributed by atoms with Crippen LogP contribution in [-0.4, -0.2) is 10.7 Å². The maximum atomic E-state index is 9.68. The Bertz CT molecular complexity index is 293. The van der Waals surface area contributed by atoms with Crippen LogP contribution >= 0.6 is 0 Å². The second-order valence-electron chi connectivity index (χ2n) is 4.61. The van der Waals surface area contributed by atoms with E-state index in [-0.39, 0.29) is 0 Å². The third-order valence-electron chi connectivity index (χ3n) is 2.39. The molecule has 0 aromatic carbocycles. The predicted molar refractivity (Wildman–Crippen MR) is 72.4 cm³/mol. The van der Waals surface area contributed by atoms with Crippen molar-refractivity contribution in [2.45, 2.75) is 45.6 Å². The molecule has 0 radical (unpaired) electrons. The molecule has 1 nitrogen and oxygen atoms in total. The third-order valence-corrected chi connectivity index (χ3v) is 2.39. The number of aliphatic hydroxyl groups is 1. The van der Waals surface area contributed by atoms with Gasteiger partial charge in [-0.2, -0.15) is 0 Å². The Morgan fingerprint density at radius 2 is 2.00 bits per heavy atom. The van der Waals surface area contributed by atoms with Crippen molar-refractivity contribution >= 4 is 0 Å². The molecule has 0 bridgehead atoms. The van der Waals surface area contributed by atoms with Crippen LogP contribution in [0.25, 0.3) is 0 Å². The molecule has 0 rings (SSSR count). The molecule has 0 unspecified atom stereocenters. The van der Waals surface area contributed by atoms with E-state index in [9.17, 15) is 5.11 Å². The number of rotatable bonds is 7. The zero-order valence-corrected chi connectivity index (χ0v) is 10.8. The zero-order valence-electron chi connectivity index (χ0n) is 10.8. The van der Waals surface area contributed by atoms with Crippen LogP contribution < -0.4 is 0 Å². The van der Waals surface area contributed by atoms with Gasteiger partial charge in [0.2, 0.25) is 0 Å². The third kappa shape index (κ3) is 8.25. The molecule has 0 aromatic heterocycles. The number of hydrogen-bond acceptors (Lipinski definition) is 1. The second-order valence-corrected chi connectivity index (χ2v) is 4.61. The van der Waals surface area contributed by atoms with Crippen LogP contribution in [0, 0.1) is 0 Å². The van der Waals surface area contributed by atoms with Crippen molar-refractivity contribution in [1.82, 2.24) is 0 Å². The van der Waals surface area contributed by atoms with Gasteiger partial charge in [-0.05, 0) is 40.0 Å². The first-order chi connectivity index (χ1) is 7.37. The summed E-state index contributed by atoms with van der Waals surface area (Å²) < 4.78 is 0. The van der Waals surface area contributed by atoms with Crippen LogP contribution in [0.4, 0.5) is 0 Å². The Labute approximate surface area is 99.9 Å². The standard InChI is InChI=1S/C15H24O/c1-6-15(5,16)12-8-11-14(4)10-7-9-13(2)3/h6,8,10-11,16H,1-2,7,9,12H2,3-5H3/b11-8+,14-10+/t15-/m1/s1. The maximum absolute atomic E-state index is 9.68. The molecule has 0 fully saturated rings. The summed E-state index contributed by atoms with van der Waals surface area (Å²) in [5.41, 5.74) is 1.64. The highest BCUT2D eigenvalue weighted by molar-refractivity contribution is 5.17. The highest BCUT2D eigenvalue weighted by atomic mass is 16.3. The molecule has 0 spiro atoms. The van der Waals surface area contributed by atoms with E-state index in [1.54, 1.807) is 13.0 Å². The van der Waals surface area contributed by atoms with Crippen molar-refractivity contribution in [3.8, 4) is 0 Å². The Morgan fingerprint density at radius 1 is 1.38 bits per heavy atom. The van der Waals surface area contributed by atoms with Crippen molar-refractivity contribution in [3.05, 3.63) is 48.6 Å². The lowest BCUT2D eigenvalue weighted by Gasteiger charge is -2.15. The SMILES string of the molecule is C=C[C@@](C)(O)C/C=C/C(C)=C/CCC(=C)C. The van der Waals surface area contributed by atoms with Gasteiger partial charge in [-0.15, -0.1) is 13.2 Å². The van der Waals surface area contributed by atoms with Gasteiger partial charge in [-0.3, -0.25) is 0 Å². The van der Waals surface area contributed by atoms with E-state index in [0.29, 0.717) is 6.42 Å². The summed E-state index contributed by atoms with van der Waals surface area (Å²) in [6.07, 6.45) is 10.4. The Balaban J connectivity index is 4.03. The summed E-state index contributed by atoms with van der Waals surface area (Å²) in [5, 5.41) is 9.68. The maximum Gasteiger partial charge on any atom is 0.0831 e. The fourth-order valence-corrected chi connectivity index (χ4v) is 1.18. The smallest absolute Gasteiger partial charge is 0.0831 e. The molecular formula is C15H24O. The van der Waals surface area contributed by atoms with Crippen LogP contribution in [0.2, 0.25) is 0 Å². The van der Waals surface area contributed by atoms with Crippen molar-refractivity contribution in [1.29, 1.82) is 0 Å². The van der Waals surface area contributed by atoms with Crippen LogP contribution in [0.5, 0.6) is 0 Å². The summed E-state index contributed by atoms with van der Waals surface area (Å²) >= 11 is 0. The largest absolute Gasteiger partial charge is 0.386 e. The van der Waals surface area contributed by atoms with Crippen molar-refractivity contribution in [2.24, 2.45) is 0 Å². The van der Waals surface area contributed by atoms with E-state index >= 15 is 0 Å². The van der Waals surface area contributed by atoms with Crippen molar-refractivity contribution < 1.29 is 5.11 Å². The minimum Gasteiger partial charge on any atom is -0.386 e. The zero-order chi connectivity index (χ0) is 12.6. The molecule has 90 valence electrons. The summed E-state index contributed by atoms with van der Waals surface area (Å²) in [6, 6.07) is 0. The van der Waals surface area contributed by atoms with Crippen LogP contribution in [0.3, 0.4) is 0 Å². The molecule has 1 N–H and O–H groups in total. The molecule has 0 aliphatic carbocycles. The Kier molecular flexibility index (Phi) is 6.75. The van der Waals surface area contributed by atoms with Crippen molar-refractivity contribution in [2.75, 3.05) is 0 Å². The average Bonchev–Trinajstić information content (AvgIpc) is 2.17. The van der Waals surface area contributed by atoms with E-state index in [2.05, 4.69) is 26.2 Å². The van der Waals surface area contributed by atoms with E-state index in [1.165, 1.54) is 11.1 Å². The quantitative estimate of drug-likeness (QED) is 0.504. The van der Waals surface area contributed by atoms with Gasteiger partial charge in [0.25, 0.3) is 0 Å². The minimum atomic E-state index is -0.797. The molecule has 1 heteroatoms. The summed E-state index contributed by atoms with van der Waals surface area (Å²) in [4.78, 5) is 0. The molecule has 1 atom stereocenters. The molecule has 0 heterocycles. The lowest BCUT2D eigenvalue weighted by Crippen LogP contribution is -2.18. The highest BCUT2D eigenvalue weighted by Crippen LogP contribution is 2.12. The van der Waals surface area contributed by atoms with Gasteiger partial charge in [-0.25, -0.2) is 0 Å². The minimum absolute atomic E-state index is 0.599. The van der Waals surface area contributed by atoms with Gasteiger partial charge in [-0.1, -0.05) is 35.5 Å². The first-order valence-corrected chi connectivity index (χ1v) is 5.71. The summed E-state index contributed by atoms with van der Waals surface area (Å²) in [5.74, 6) is 0. The van der Waals surface area contributed by atoms with E-state index in [1.807, 2.05) is 19.1 Å². The van der Waals surface area contributed by atoms with Gasteiger partial charge >= 0.3 is 0 Å². The summed E-state index contributed by atoms with van der Waals surface area (Å²) in [6.45, 7) is 13.3. The Morgan fingerprint density at radius 3 is 2.50 bits per heavy atom. The fraction of sp³-hybridized carbons (Fsp3) is 0.467. The van der Waals surface area contributed by atoms with E-state index < -0.39 is 5.60 Å². The molecule has 0 aliphatic rings. The van der Waals surface area contributed by atoms with Gasteiger partial charge in [0, 0.05) is 0 Å². The van der Waals surface area contributed by atoms with Gasteiger partial charge in [0.1, 0.15) is 0 Å². The van der Waals surface area contributed by atoms with E-state index in [4.69, 9.17) is 0 Å². The van der Waals surface area contributed by atoms with E-state index in [0.717, 1.165) is 12.8 Å². The van der Waals surface area contributed by atoms with Crippen LogP contribution in [0.1, 0.15) is 40.0 Å². The number of allylic oxidation sites excluding steroid dienone is 4. The van der Waals surface area contributed by atoms with Gasteiger partial charge in [0.15, 0.2) is 0 Å². The predicted octanol–water partition coefficient (Wildman–Crippen LogP) is 4.17. The van der Waals surface area contributed by atoms with Crippen LogP contribution in [-0.2, 0) is 0 Å². The molecule has 0 aromatic rings. The first-order valence-electron chi connectivity index (χ1n) is 5.71. The average molecular weight is 220 g/mol.